The van der Waals surface area contributed by atoms with E-state index >= 15 is 4.39 Å². The highest BCUT2D eigenvalue weighted by Crippen LogP contribution is 2.38. The molecule has 3 aromatic heterocycles. The van der Waals surface area contributed by atoms with E-state index in [9.17, 15) is 19.5 Å². The van der Waals surface area contributed by atoms with Crippen LogP contribution in [0.3, 0.4) is 0 Å². The number of fused-ring (bicyclic) bond motifs is 2. The van der Waals surface area contributed by atoms with E-state index in [1.165, 1.54) is 18.5 Å². The van der Waals surface area contributed by atoms with E-state index < -0.39 is 17.2 Å². The number of carboxylic acids is 1. The van der Waals surface area contributed by atoms with Gasteiger partial charge in [0.1, 0.15) is 22.6 Å². The summed E-state index contributed by atoms with van der Waals surface area (Å²) in [7, 11) is 0. The van der Waals surface area contributed by atoms with Crippen LogP contribution in [0.1, 0.15) is 35.1 Å². The number of nitrogens with zero attached hydrogens (tertiary/aromatic N) is 6. The number of H-pyrrole nitrogens is 1. The number of aromatic carboxylic acids is 1. The summed E-state index contributed by atoms with van der Waals surface area (Å²) in [5, 5.41) is 14.9. The second-order valence-corrected chi connectivity index (χ2v) is 11.1. The van der Waals surface area contributed by atoms with E-state index in [4.69, 9.17) is 16.6 Å². The minimum atomic E-state index is -1.32. The first kappa shape index (κ1) is 26.4. The Kier molecular flexibility index (Phi) is 6.32. The lowest BCUT2D eigenvalue weighted by Crippen LogP contribution is -2.46. The molecule has 0 amide bonds. The van der Waals surface area contributed by atoms with Crippen molar-refractivity contribution < 1.29 is 14.3 Å². The van der Waals surface area contributed by atoms with Gasteiger partial charge in [0.25, 0.3) is 5.56 Å². The molecular formula is C29H25ClFN7O4. The number of pyridine rings is 1. The van der Waals surface area contributed by atoms with Gasteiger partial charge in [0.15, 0.2) is 5.65 Å². The number of halogens is 2. The van der Waals surface area contributed by atoms with Gasteiger partial charge in [-0.2, -0.15) is 5.10 Å². The van der Waals surface area contributed by atoms with Crippen molar-refractivity contribution >= 4 is 45.2 Å². The van der Waals surface area contributed by atoms with E-state index in [1.54, 1.807) is 39.6 Å². The number of rotatable bonds is 6. The van der Waals surface area contributed by atoms with E-state index in [0.717, 1.165) is 18.5 Å². The van der Waals surface area contributed by atoms with Crippen molar-refractivity contribution in [1.82, 2.24) is 29.2 Å². The van der Waals surface area contributed by atoms with Gasteiger partial charge in [-0.05, 0) is 49.2 Å². The lowest BCUT2D eigenvalue weighted by Gasteiger charge is -2.36. The molecule has 2 aliphatic rings. The third-order valence-electron chi connectivity index (χ3n) is 7.92. The molecule has 0 spiro atoms. The Hall–Kier alpha value is -4.55. The zero-order chi connectivity index (χ0) is 29.1. The van der Waals surface area contributed by atoms with Crippen LogP contribution in [0.2, 0.25) is 5.02 Å². The summed E-state index contributed by atoms with van der Waals surface area (Å²) in [6.07, 6.45) is 4.63. The Morgan fingerprint density at radius 3 is 2.50 bits per heavy atom. The number of hydrogen-bond acceptors (Lipinski definition) is 7. The molecule has 13 heteroatoms. The quantitative estimate of drug-likeness (QED) is 0.308. The molecule has 1 aliphatic heterocycles. The molecule has 5 aromatic rings. The molecule has 0 atom stereocenters. The number of carboxylic acid groups (broad SMARTS) is 1. The van der Waals surface area contributed by atoms with Gasteiger partial charge < -0.3 is 19.6 Å². The number of nitrogens with one attached hydrogen (secondary N) is 1. The summed E-state index contributed by atoms with van der Waals surface area (Å²) < 4.78 is 18.8. The lowest BCUT2D eigenvalue weighted by atomic mass is 10.1. The highest BCUT2D eigenvalue weighted by Gasteiger charge is 2.29. The number of aromatic amines is 1. The fraction of sp³-hybridized carbons (Fsp3) is 0.276. The van der Waals surface area contributed by atoms with E-state index in [-0.39, 0.29) is 22.6 Å². The van der Waals surface area contributed by atoms with Crippen LogP contribution in [0.5, 0.6) is 0 Å². The van der Waals surface area contributed by atoms with E-state index in [0.29, 0.717) is 65.8 Å². The largest absolute Gasteiger partial charge is 0.477 e. The van der Waals surface area contributed by atoms with Crippen LogP contribution in [0.25, 0.3) is 27.6 Å². The van der Waals surface area contributed by atoms with Crippen LogP contribution in [0.4, 0.5) is 10.1 Å². The lowest BCUT2D eigenvalue weighted by molar-refractivity contribution is 0.0695. The molecule has 1 aliphatic carbocycles. The molecule has 1 saturated carbocycles. The maximum Gasteiger partial charge on any atom is 0.341 e. The molecule has 214 valence electrons. The number of aromatic nitrogens is 5. The molecule has 0 radical (unpaired) electrons. The predicted octanol–water partition coefficient (Wildman–Crippen LogP) is 3.57. The first-order valence-electron chi connectivity index (χ1n) is 13.6. The van der Waals surface area contributed by atoms with Crippen LogP contribution in [-0.4, -0.2) is 66.5 Å². The highest BCUT2D eigenvalue weighted by atomic mass is 35.5. The molecule has 42 heavy (non-hydrogen) atoms. The van der Waals surface area contributed by atoms with Crippen molar-refractivity contribution in [3.8, 4) is 5.69 Å². The summed E-state index contributed by atoms with van der Waals surface area (Å²) in [6.45, 7) is 2.59. The summed E-state index contributed by atoms with van der Waals surface area (Å²) in [4.78, 5) is 48.8. The van der Waals surface area contributed by atoms with Crippen LogP contribution in [0.15, 0.2) is 58.4 Å². The van der Waals surface area contributed by atoms with Crippen molar-refractivity contribution in [2.45, 2.75) is 25.4 Å². The number of piperazine rings is 1. The van der Waals surface area contributed by atoms with Gasteiger partial charge in [-0.1, -0.05) is 11.6 Å². The van der Waals surface area contributed by atoms with Crippen LogP contribution < -0.4 is 15.9 Å². The van der Waals surface area contributed by atoms with Crippen molar-refractivity contribution in [2.75, 3.05) is 31.1 Å². The maximum atomic E-state index is 15.4. The van der Waals surface area contributed by atoms with Gasteiger partial charge in [-0.15, -0.1) is 0 Å². The van der Waals surface area contributed by atoms with Crippen LogP contribution in [-0.2, 0) is 6.54 Å². The average molecular weight is 590 g/mol. The van der Waals surface area contributed by atoms with Gasteiger partial charge in [-0.3, -0.25) is 14.5 Å². The minimum Gasteiger partial charge on any atom is -0.477 e. The number of anilines is 1. The normalized spacial score (nSPS) is 16.0. The summed E-state index contributed by atoms with van der Waals surface area (Å²) in [5.41, 5.74) is 0.783. The zero-order valence-corrected chi connectivity index (χ0v) is 23.0. The first-order valence-corrected chi connectivity index (χ1v) is 14.0. The SMILES string of the molecule is O=C(O)c1cn(C2CC2)c2cc(N3CCN(Cc4nc5c(cnn5-c5ccc(Cl)cc5)c(=O)[nH]4)CC3)c(F)cc2c1=O. The summed E-state index contributed by atoms with van der Waals surface area (Å²) in [6, 6.07) is 10.0. The monoisotopic (exact) mass is 589 g/mol. The third-order valence-corrected chi connectivity index (χ3v) is 8.17. The number of carbonyl (C=O) groups is 1. The Morgan fingerprint density at radius 2 is 1.81 bits per heavy atom. The second kappa shape index (κ2) is 10.1. The Bertz CT molecular complexity index is 1990. The van der Waals surface area contributed by atoms with Gasteiger partial charge in [0.2, 0.25) is 5.43 Å². The number of benzene rings is 2. The Balaban J connectivity index is 1.12. The molecule has 2 aromatic carbocycles. The average Bonchev–Trinajstić information content (AvgIpc) is 3.73. The number of hydrogen-bond donors (Lipinski definition) is 2. The van der Waals surface area contributed by atoms with Crippen LogP contribution in [0, 0.1) is 5.82 Å². The van der Waals surface area contributed by atoms with Crippen molar-refractivity contribution in [3.63, 3.8) is 0 Å². The molecule has 7 rings (SSSR count). The Morgan fingerprint density at radius 1 is 1.07 bits per heavy atom. The third kappa shape index (κ3) is 4.62. The molecule has 0 unspecified atom stereocenters. The fourth-order valence-corrected chi connectivity index (χ4v) is 5.70. The molecule has 0 bridgehead atoms. The summed E-state index contributed by atoms with van der Waals surface area (Å²) >= 11 is 6.01. The van der Waals surface area contributed by atoms with Crippen molar-refractivity contribution in [2.24, 2.45) is 0 Å². The smallest absolute Gasteiger partial charge is 0.341 e. The molecule has 11 nitrogen and oxygen atoms in total. The standard InChI is InChI=1S/C29H25ClFN7O4/c30-16-1-3-18(4-2-16)38-27-20(13-32-38)28(40)34-25(33-27)15-35-7-9-36(10-8-35)24-12-23-19(11-22(24)31)26(39)21(29(41)42)14-37(23)17-5-6-17/h1-4,11-14,17H,5-10,15H2,(H,41,42)(H,33,34,40). The minimum absolute atomic E-state index is 0.0740. The van der Waals surface area contributed by atoms with Gasteiger partial charge >= 0.3 is 5.97 Å². The van der Waals surface area contributed by atoms with Crippen LogP contribution >= 0.6 is 11.6 Å². The van der Waals surface area contributed by atoms with Gasteiger partial charge in [-0.25, -0.2) is 18.9 Å². The van der Waals surface area contributed by atoms with Gasteiger partial charge in [0, 0.05) is 48.8 Å². The van der Waals surface area contributed by atoms with Crippen molar-refractivity contribution in [3.05, 3.63) is 91.6 Å². The predicted molar refractivity (Wildman–Crippen MR) is 155 cm³/mol. The van der Waals surface area contributed by atoms with Crippen molar-refractivity contribution in [1.29, 1.82) is 0 Å². The molecule has 2 N–H and O–H groups in total. The molecular weight excluding hydrogens is 565 g/mol. The van der Waals surface area contributed by atoms with Gasteiger partial charge in [0.05, 0.1) is 29.6 Å². The molecule has 4 heterocycles. The Labute approximate surface area is 242 Å². The van der Waals surface area contributed by atoms with E-state index in [1.807, 2.05) is 4.90 Å². The maximum absolute atomic E-state index is 15.4. The fourth-order valence-electron chi connectivity index (χ4n) is 5.58. The zero-order valence-electron chi connectivity index (χ0n) is 22.3. The first-order chi connectivity index (χ1) is 20.3. The second-order valence-electron chi connectivity index (χ2n) is 10.7. The molecule has 1 saturated heterocycles. The van der Waals surface area contributed by atoms with E-state index in [2.05, 4.69) is 15.0 Å². The topological polar surface area (TPSA) is 129 Å². The highest BCUT2D eigenvalue weighted by molar-refractivity contribution is 6.30. The summed E-state index contributed by atoms with van der Waals surface area (Å²) in [5.74, 6) is -1.39. The molecule has 2 fully saturated rings.